The van der Waals surface area contributed by atoms with E-state index < -0.39 is 5.38 Å². The Hall–Kier alpha value is -1.39. The highest BCUT2D eigenvalue weighted by Gasteiger charge is 2.31. The third-order valence-corrected chi connectivity index (χ3v) is 4.27. The fourth-order valence-electron chi connectivity index (χ4n) is 2.72. The van der Waals surface area contributed by atoms with Gasteiger partial charge in [0.05, 0.1) is 5.38 Å². The average molecular weight is 310 g/mol. The summed E-state index contributed by atoms with van der Waals surface area (Å²) in [4.78, 5) is 26.0. The first kappa shape index (κ1) is 16.0. The van der Waals surface area contributed by atoms with E-state index in [0.29, 0.717) is 12.0 Å². The van der Waals surface area contributed by atoms with Crippen molar-refractivity contribution >= 4 is 29.0 Å². The number of hydrogen-bond acceptors (Lipinski definition) is 3. The summed E-state index contributed by atoms with van der Waals surface area (Å²) in [6.45, 7) is 3.94. The largest absolute Gasteiger partial charge is 0.375 e. The maximum Gasteiger partial charge on any atom is 0.253 e. The van der Waals surface area contributed by atoms with Crippen LogP contribution < -0.4 is 4.90 Å². The van der Waals surface area contributed by atoms with Gasteiger partial charge in [-0.25, -0.2) is 0 Å². The van der Waals surface area contributed by atoms with Crippen molar-refractivity contribution in [2.45, 2.75) is 38.1 Å². The van der Waals surface area contributed by atoms with Gasteiger partial charge in [0.2, 0.25) is 0 Å². The summed E-state index contributed by atoms with van der Waals surface area (Å²) in [6, 6.07) is 5.51. The van der Waals surface area contributed by atoms with E-state index in [4.69, 9.17) is 16.3 Å². The van der Waals surface area contributed by atoms with Crippen molar-refractivity contribution in [1.29, 1.82) is 0 Å². The van der Waals surface area contributed by atoms with Crippen LogP contribution in [0.5, 0.6) is 0 Å². The van der Waals surface area contributed by atoms with E-state index in [2.05, 4.69) is 0 Å². The number of ketones is 1. The molecule has 0 bridgehead atoms. The third-order valence-electron chi connectivity index (χ3n) is 3.76. The first-order valence-corrected chi connectivity index (χ1v) is 7.55. The van der Waals surface area contributed by atoms with Crippen LogP contribution in [0.15, 0.2) is 18.2 Å². The van der Waals surface area contributed by atoms with Gasteiger partial charge in [0.1, 0.15) is 6.61 Å². The number of nitrogens with zero attached hydrogens (tertiary/aromatic N) is 1. The van der Waals surface area contributed by atoms with Gasteiger partial charge in [-0.05, 0) is 43.5 Å². The number of amides is 1. The van der Waals surface area contributed by atoms with Gasteiger partial charge in [0.25, 0.3) is 5.91 Å². The van der Waals surface area contributed by atoms with Crippen LogP contribution in [-0.4, -0.2) is 36.8 Å². The molecule has 5 heteroatoms. The molecule has 1 aliphatic heterocycles. The molecule has 1 aromatic rings. The molecule has 0 aliphatic carbocycles. The number of carbonyl (C=O) groups excluding carboxylic acids is 2. The molecular formula is C16H20ClNO3. The van der Waals surface area contributed by atoms with Crippen LogP contribution in [0.2, 0.25) is 0 Å². The van der Waals surface area contributed by atoms with E-state index >= 15 is 0 Å². The van der Waals surface area contributed by atoms with Crippen molar-refractivity contribution in [2.24, 2.45) is 0 Å². The average Bonchev–Trinajstić information content (AvgIpc) is 2.80. The van der Waals surface area contributed by atoms with E-state index in [0.717, 1.165) is 17.7 Å². The topological polar surface area (TPSA) is 46.6 Å². The number of ether oxygens (including phenoxy) is 1. The zero-order valence-electron chi connectivity index (χ0n) is 12.6. The molecule has 0 fully saturated rings. The van der Waals surface area contributed by atoms with Crippen LogP contribution in [0.4, 0.5) is 5.69 Å². The number of methoxy groups -OCH3 is 1. The Morgan fingerprint density at radius 3 is 2.81 bits per heavy atom. The molecule has 2 rings (SSSR count). The maximum absolute atomic E-state index is 12.1. The van der Waals surface area contributed by atoms with Crippen molar-refractivity contribution in [3.63, 3.8) is 0 Å². The van der Waals surface area contributed by atoms with Crippen LogP contribution >= 0.6 is 11.6 Å². The summed E-state index contributed by atoms with van der Waals surface area (Å²) in [5, 5.41) is -0.492. The van der Waals surface area contributed by atoms with Gasteiger partial charge in [0.15, 0.2) is 5.78 Å². The van der Waals surface area contributed by atoms with E-state index in [1.807, 2.05) is 26.0 Å². The quantitative estimate of drug-likeness (QED) is 0.620. The molecule has 0 radical (unpaired) electrons. The molecule has 21 heavy (non-hydrogen) atoms. The summed E-state index contributed by atoms with van der Waals surface area (Å²) in [5.74, 6) is -0.122. The lowest BCUT2D eigenvalue weighted by atomic mass is 10.0. The summed E-state index contributed by atoms with van der Waals surface area (Å²) in [5.41, 5.74) is 2.49. The molecule has 2 atom stereocenters. The lowest BCUT2D eigenvalue weighted by Gasteiger charge is -2.22. The maximum atomic E-state index is 12.1. The van der Waals surface area contributed by atoms with Gasteiger partial charge in [0, 0.05) is 24.4 Å². The van der Waals surface area contributed by atoms with Crippen LogP contribution in [-0.2, 0) is 16.0 Å². The molecule has 0 spiro atoms. The number of anilines is 1. The molecule has 114 valence electrons. The SMILES string of the molecule is CCC(Cl)C(=O)c1ccc2c(c1)CC(C)N2C(=O)COC. The minimum Gasteiger partial charge on any atom is -0.375 e. The Morgan fingerprint density at radius 2 is 2.19 bits per heavy atom. The minimum atomic E-state index is -0.492. The number of benzene rings is 1. The summed E-state index contributed by atoms with van der Waals surface area (Å²) in [7, 11) is 1.51. The zero-order valence-corrected chi connectivity index (χ0v) is 13.3. The van der Waals surface area contributed by atoms with Crippen LogP contribution in [0.3, 0.4) is 0 Å². The first-order chi connectivity index (χ1) is 9.99. The fraction of sp³-hybridized carbons (Fsp3) is 0.500. The second kappa shape index (κ2) is 6.58. The van der Waals surface area contributed by atoms with Gasteiger partial charge >= 0.3 is 0 Å². The van der Waals surface area contributed by atoms with Crippen molar-refractivity contribution in [1.82, 2.24) is 0 Å². The highest BCUT2D eigenvalue weighted by atomic mass is 35.5. The number of Topliss-reactive ketones (excluding diaryl/α,β-unsaturated/α-hetero) is 1. The predicted molar refractivity (Wildman–Crippen MR) is 83.2 cm³/mol. The van der Waals surface area contributed by atoms with Gasteiger partial charge < -0.3 is 9.64 Å². The Labute approximate surface area is 130 Å². The Bertz CT molecular complexity index is 558. The second-order valence-electron chi connectivity index (χ2n) is 5.33. The number of rotatable bonds is 5. The Balaban J connectivity index is 2.29. The van der Waals surface area contributed by atoms with Crippen molar-refractivity contribution in [2.75, 3.05) is 18.6 Å². The lowest BCUT2D eigenvalue weighted by molar-refractivity contribution is -0.122. The summed E-state index contributed by atoms with van der Waals surface area (Å²) < 4.78 is 4.92. The number of carbonyl (C=O) groups is 2. The molecular weight excluding hydrogens is 290 g/mol. The fourth-order valence-corrected chi connectivity index (χ4v) is 2.85. The third kappa shape index (κ3) is 3.11. The smallest absolute Gasteiger partial charge is 0.253 e. The van der Waals surface area contributed by atoms with Crippen LogP contribution in [0.1, 0.15) is 36.2 Å². The molecule has 0 aromatic heterocycles. The van der Waals surface area contributed by atoms with Gasteiger partial charge in [-0.3, -0.25) is 9.59 Å². The second-order valence-corrected chi connectivity index (χ2v) is 5.86. The molecule has 4 nitrogen and oxygen atoms in total. The standard InChI is InChI=1S/C16H20ClNO3/c1-4-13(17)16(20)11-5-6-14-12(8-11)7-10(2)18(14)15(19)9-21-3/h5-6,8,10,13H,4,7,9H2,1-3H3. The Morgan fingerprint density at radius 1 is 1.48 bits per heavy atom. The van der Waals surface area contributed by atoms with E-state index in [1.165, 1.54) is 7.11 Å². The molecule has 0 saturated carbocycles. The minimum absolute atomic E-state index is 0.0590. The molecule has 1 heterocycles. The summed E-state index contributed by atoms with van der Waals surface area (Å²) in [6.07, 6.45) is 1.34. The zero-order chi connectivity index (χ0) is 15.6. The highest BCUT2D eigenvalue weighted by Crippen LogP contribution is 2.33. The first-order valence-electron chi connectivity index (χ1n) is 7.11. The van der Waals surface area contributed by atoms with E-state index in [1.54, 1.807) is 11.0 Å². The van der Waals surface area contributed by atoms with Crippen molar-refractivity contribution < 1.29 is 14.3 Å². The monoisotopic (exact) mass is 309 g/mol. The number of alkyl halides is 1. The number of halogens is 1. The lowest BCUT2D eigenvalue weighted by Crippen LogP contribution is -2.38. The highest BCUT2D eigenvalue weighted by molar-refractivity contribution is 6.33. The van der Waals surface area contributed by atoms with Crippen molar-refractivity contribution in [3.8, 4) is 0 Å². The summed E-state index contributed by atoms with van der Waals surface area (Å²) >= 11 is 6.02. The van der Waals surface area contributed by atoms with E-state index in [9.17, 15) is 9.59 Å². The molecule has 2 unspecified atom stereocenters. The molecule has 1 aliphatic rings. The van der Waals surface area contributed by atoms with Gasteiger partial charge in [-0.1, -0.05) is 6.92 Å². The van der Waals surface area contributed by atoms with Gasteiger partial charge in [-0.2, -0.15) is 0 Å². The normalized spacial score (nSPS) is 18.5. The van der Waals surface area contributed by atoms with Crippen LogP contribution in [0, 0.1) is 0 Å². The number of fused-ring (bicyclic) bond motifs is 1. The number of hydrogen-bond donors (Lipinski definition) is 0. The Kier molecular flexibility index (Phi) is 5.01. The van der Waals surface area contributed by atoms with Crippen LogP contribution in [0.25, 0.3) is 0 Å². The molecule has 1 amide bonds. The van der Waals surface area contributed by atoms with Gasteiger partial charge in [-0.15, -0.1) is 11.6 Å². The molecule has 1 aromatic carbocycles. The van der Waals surface area contributed by atoms with E-state index in [-0.39, 0.29) is 24.3 Å². The van der Waals surface area contributed by atoms with Crippen molar-refractivity contribution in [3.05, 3.63) is 29.3 Å². The predicted octanol–water partition coefficient (Wildman–Crippen LogP) is 2.81. The molecule has 0 saturated heterocycles. The molecule has 0 N–H and O–H groups in total.